The second-order valence-corrected chi connectivity index (χ2v) is 4.70. The van der Waals surface area contributed by atoms with Crippen LogP contribution in [0, 0.1) is 11.8 Å². The Hall–Kier alpha value is -1.06. The molecule has 4 nitrogen and oxygen atoms in total. The third-order valence-electron chi connectivity index (χ3n) is 3.56. The van der Waals surface area contributed by atoms with E-state index in [4.69, 9.17) is 5.11 Å². The maximum Gasteiger partial charge on any atom is 0.405 e. The van der Waals surface area contributed by atoms with E-state index in [0.29, 0.717) is 0 Å². The van der Waals surface area contributed by atoms with Crippen LogP contribution in [0.25, 0.3) is 0 Å². The van der Waals surface area contributed by atoms with Gasteiger partial charge in [-0.3, -0.25) is 4.79 Å². The molecular weight excluding hydrogens is 206 g/mol. The van der Waals surface area contributed by atoms with Crippen LogP contribution in [0.3, 0.4) is 0 Å². The molecular formula is C12H21NO3. The maximum atomic E-state index is 12.2. The van der Waals surface area contributed by atoms with Crippen molar-refractivity contribution in [3.8, 4) is 0 Å². The van der Waals surface area contributed by atoms with E-state index in [2.05, 4.69) is 5.32 Å². The smallest absolute Gasteiger partial charge is 0.405 e. The van der Waals surface area contributed by atoms with Crippen molar-refractivity contribution >= 4 is 11.9 Å². The van der Waals surface area contributed by atoms with Gasteiger partial charge in [-0.05, 0) is 18.8 Å². The molecule has 0 heterocycles. The molecule has 0 aliphatic heterocycles. The number of carboxylic acid groups (broad SMARTS) is 1. The molecule has 1 saturated carbocycles. The lowest BCUT2D eigenvalue weighted by molar-refractivity contribution is -0.125. The summed E-state index contributed by atoms with van der Waals surface area (Å²) in [7, 11) is 0. The average molecular weight is 227 g/mol. The summed E-state index contributed by atoms with van der Waals surface area (Å²) in [6.45, 7) is 3.90. The molecule has 2 atom stereocenters. The summed E-state index contributed by atoms with van der Waals surface area (Å²) >= 11 is 0. The fourth-order valence-corrected chi connectivity index (χ4v) is 2.33. The number of hydrogen-bond donors (Lipinski definition) is 2. The number of carbonyl (C=O) groups is 2. The zero-order valence-electron chi connectivity index (χ0n) is 10.0. The second kappa shape index (κ2) is 5.87. The molecule has 0 aromatic carbocycles. The van der Waals surface area contributed by atoms with Crippen molar-refractivity contribution in [3.63, 3.8) is 0 Å². The Morgan fingerprint density at radius 3 is 2.38 bits per heavy atom. The van der Waals surface area contributed by atoms with Crippen molar-refractivity contribution in [1.29, 1.82) is 0 Å². The first-order valence-corrected chi connectivity index (χ1v) is 6.09. The molecule has 0 aromatic rings. The molecule has 16 heavy (non-hydrogen) atoms. The van der Waals surface area contributed by atoms with Crippen LogP contribution < -0.4 is 5.32 Å². The Morgan fingerprint density at radius 1 is 1.38 bits per heavy atom. The van der Waals surface area contributed by atoms with Gasteiger partial charge in [-0.15, -0.1) is 0 Å². The predicted octanol–water partition coefficient (Wildman–Crippen LogP) is 2.43. The average Bonchev–Trinajstić information content (AvgIpc) is 2.77. The van der Waals surface area contributed by atoms with E-state index in [9.17, 15) is 9.59 Å². The molecule has 4 heteroatoms. The Labute approximate surface area is 96.4 Å². The number of carbonyl (C=O) groups excluding carboxylic acids is 1. The van der Waals surface area contributed by atoms with Gasteiger partial charge in [-0.2, -0.15) is 0 Å². The number of ketones is 1. The van der Waals surface area contributed by atoms with Gasteiger partial charge in [0.15, 0.2) is 5.78 Å². The van der Waals surface area contributed by atoms with Crippen molar-refractivity contribution in [3.05, 3.63) is 0 Å². The highest BCUT2D eigenvalue weighted by Gasteiger charge is 2.32. The van der Waals surface area contributed by atoms with E-state index in [1.807, 2.05) is 13.8 Å². The topological polar surface area (TPSA) is 66.4 Å². The van der Waals surface area contributed by atoms with Crippen LogP contribution in [0.15, 0.2) is 0 Å². The maximum absolute atomic E-state index is 12.2. The summed E-state index contributed by atoms with van der Waals surface area (Å²) in [5.74, 6) is 0.240. The molecule has 2 N–H and O–H groups in total. The first-order valence-electron chi connectivity index (χ1n) is 6.09. The van der Waals surface area contributed by atoms with Crippen LogP contribution >= 0.6 is 0 Å². The minimum atomic E-state index is -1.10. The lowest BCUT2D eigenvalue weighted by atomic mass is 9.88. The first kappa shape index (κ1) is 13.0. The van der Waals surface area contributed by atoms with Gasteiger partial charge in [0.05, 0.1) is 6.04 Å². The Bertz CT molecular complexity index is 259. The molecule has 1 fully saturated rings. The minimum Gasteiger partial charge on any atom is -0.465 e. The molecule has 0 bridgehead atoms. The standard InChI is InChI=1S/C12H21NO3/c1-3-8(2)10(13-12(15)16)11(14)9-6-4-5-7-9/h8-10,13H,3-7H2,1-2H3,(H,15,16). The molecule has 1 amide bonds. The monoisotopic (exact) mass is 227 g/mol. The van der Waals surface area contributed by atoms with Gasteiger partial charge >= 0.3 is 6.09 Å². The number of hydrogen-bond acceptors (Lipinski definition) is 2. The third-order valence-corrected chi connectivity index (χ3v) is 3.56. The largest absolute Gasteiger partial charge is 0.465 e. The third kappa shape index (κ3) is 3.22. The summed E-state index contributed by atoms with van der Waals surface area (Å²) in [5, 5.41) is 11.1. The van der Waals surface area contributed by atoms with Gasteiger partial charge in [0.1, 0.15) is 0 Å². The summed E-state index contributed by atoms with van der Waals surface area (Å²) in [6.07, 6.45) is 3.74. The van der Waals surface area contributed by atoms with E-state index < -0.39 is 12.1 Å². The molecule has 1 rings (SSSR count). The number of rotatable bonds is 5. The molecule has 0 aromatic heterocycles. The predicted molar refractivity (Wildman–Crippen MR) is 61.4 cm³/mol. The summed E-state index contributed by atoms with van der Waals surface area (Å²) in [4.78, 5) is 22.8. The second-order valence-electron chi connectivity index (χ2n) is 4.70. The number of nitrogens with one attached hydrogen (secondary N) is 1. The number of Topliss-reactive ketones (excluding diaryl/α,β-unsaturated/α-hetero) is 1. The molecule has 0 saturated heterocycles. The van der Waals surface area contributed by atoms with Gasteiger partial charge in [-0.25, -0.2) is 4.79 Å². The summed E-state index contributed by atoms with van der Waals surface area (Å²) in [6, 6.07) is -0.523. The zero-order valence-corrected chi connectivity index (χ0v) is 10.0. The fraction of sp³-hybridized carbons (Fsp3) is 0.833. The van der Waals surface area contributed by atoms with E-state index in [0.717, 1.165) is 32.1 Å². The number of amides is 1. The quantitative estimate of drug-likeness (QED) is 0.758. The van der Waals surface area contributed by atoms with Crippen LogP contribution in [0.4, 0.5) is 4.79 Å². The van der Waals surface area contributed by atoms with Crippen molar-refractivity contribution in [1.82, 2.24) is 5.32 Å². The Kier molecular flexibility index (Phi) is 4.77. The van der Waals surface area contributed by atoms with Gasteiger partial charge < -0.3 is 10.4 Å². The highest BCUT2D eigenvalue weighted by atomic mass is 16.4. The lowest BCUT2D eigenvalue weighted by Gasteiger charge is -2.24. The molecule has 92 valence electrons. The highest BCUT2D eigenvalue weighted by molar-refractivity contribution is 5.89. The van der Waals surface area contributed by atoms with E-state index in [1.165, 1.54) is 0 Å². The van der Waals surface area contributed by atoms with Crippen LogP contribution in [0.5, 0.6) is 0 Å². The lowest BCUT2D eigenvalue weighted by Crippen LogP contribution is -2.46. The van der Waals surface area contributed by atoms with Crippen LogP contribution in [-0.2, 0) is 4.79 Å². The molecule has 0 radical (unpaired) electrons. The summed E-state index contributed by atoms with van der Waals surface area (Å²) in [5.41, 5.74) is 0. The fourth-order valence-electron chi connectivity index (χ4n) is 2.33. The van der Waals surface area contributed by atoms with Crippen LogP contribution in [0.2, 0.25) is 0 Å². The van der Waals surface area contributed by atoms with Gasteiger partial charge in [0.25, 0.3) is 0 Å². The van der Waals surface area contributed by atoms with Crippen molar-refractivity contribution in [2.45, 2.75) is 52.0 Å². The molecule has 1 aliphatic rings. The van der Waals surface area contributed by atoms with Crippen LogP contribution in [0.1, 0.15) is 46.0 Å². The molecule has 2 unspecified atom stereocenters. The van der Waals surface area contributed by atoms with Gasteiger partial charge in [-0.1, -0.05) is 33.1 Å². The SMILES string of the molecule is CCC(C)C(NC(=O)O)C(=O)C1CCCC1. The summed E-state index contributed by atoms with van der Waals surface area (Å²) < 4.78 is 0. The van der Waals surface area contributed by atoms with Crippen LogP contribution in [-0.4, -0.2) is 23.0 Å². The Balaban J connectivity index is 2.66. The van der Waals surface area contributed by atoms with Gasteiger partial charge in [0.2, 0.25) is 0 Å². The highest BCUT2D eigenvalue weighted by Crippen LogP contribution is 2.28. The van der Waals surface area contributed by atoms with E-state index >= 15 is 0 Å². The van der Waals surface area contributed by atoms with E-state index in [-0.39, 0.29) is 17.6 Å². The van der Waals surface area contributed by atoms with E-state index in [1.54, 1.807) is 0 Å². The van der Waals surface area contributed by atoms with Crippen molar-refractivity contribution in [2.24, 2.45) is 11.8 Å². The van der Waals surface area contributed by atoms with Crippen molar-refractivity contribution in [2.75, 3.05) is 0 Å². The zero-order chi connectivity index (χ0) is 12.1. The minimum absolute atomic E-state index is 0.0733. The normalized spacial score (nSPS) is 20.4. The first-order chi connectivity index (χ1) is 7.56. The molecule has 0 spiro atoms. The Morgan fingerprint density at radius 2 is 1.94 bits per heavy atom. The molecule has 1 aliphatic carbocycles. The van der Waals surface area contributed by atoms with Crippen molar-refractivity contribution < 1.29 is 14.7 Å². The van der Waals surface area contributed by atoms with Gasteiger partial charge in [0, 0.05) is 5.92 Å².